The highest BCUT2D eigenvalue weighted by Crippen LogP contribution is 2.05. The molecular formula is C23H47N3O3. The predicted octanol–water partition coefficient (Wildman–Crippen LogP) is 3.62. The zero-order valence-corrected chi connectivity index (χ0v) is 19.3. The van der Waals surface area contributed by atoms with E-state index in [4.69, 9.17) is 0 Å². The third-order valence-electron chi connectivity index (χ3n) is 5.04. The van der Waals surface area contributed by atoms with Gasteiger partial charge in [0, 0.05) is 45.6 Å². The van der Waals surface area contributed by atoms with E-state index < -0.39 is 6.10 Å². The molecule has 172 valence electrons. The van der Waals surface area contributed by atoms with Crippen LogP contribution in [-0.4, -0.2) is 60.6 Å². The molecule has 29 heavy (non-hydrogen) atoms. The Morgan fingerprint density at radius 2 is 1.17 bits per heavy atom. The molecule has 0 spiro atoms. The van der Waals surface area contributed by atoms with Gasteiger partial charge in [-0.1, -0.05) is 65.2 Å². The van der Waals surface area contributed by atoms with Gasteiger partial charge in [-0.2, -0.15) is 0 Å². The number of hydrogen-bond acceptors (Lipinski definition) is 4. The number of carbonyl (C=O) groups excluding carboxylic acids is 2. The number of carbonyl (C=O) groups is 2. The van der Waals surface area contributed by atoms with E-state index in [0.29, 0.717) is 45.6 Å². The van der Waals surface area contributed by atoms with E-state index in [1.165, 1.54) is 38.5 Å². The Kier molecular flexibility index (Phi) is 19.4. The number of hydrogen-bond donors (Lipinski definition) is 3. The molecule has 1 atom stereocenters. The predicted molar refractivity (Wildman–Crippen MR) is 121 cm³/mol. The molecule has 0 aliphatic rings. The van der Waals surface area contributed by atoms with Crippen LogP contribution >= 0.6 is 0 Å². The van der Waals surface area contributed by atoms with Crippen molar-refractivity contribution in [1.82, 2.24) is 15.5 Å². The van der Waals surface area contributed by atoms with E-state index in [9.17, 15) is 14.7 Å². The van der Waals surface area contributed by atoms with Gasteiger partial charge >= 0.3 is 0 Å². The first-order valence-electron chi connectivity index (χ1n) is 11.9. The summed E-state index contributed by atoms with van der Waals surface area (Å²) in [5, 5.41) is 15.6. The molecule has 0 aliphatic carbocycles. The van der Waals surface area contributed by atoms with Crippen LogP contribution in [0.1, 0.15) is 97.8 Å². The Morgan fingerprint density at radius 1 is 0.759 bits per heavy atom. The Morgan fingerprint density at radius 3 is 1.55 bits per heavy atom. The zero-order chi connectivity index (χ0) is 21.7. The van der Waals surface area contributed by atoms with Crippen LogP contribution in [0, 0.1) is 0 Å². The summed E-state index contributed by atoms with van der Waals surface area (Å²) in [6, 6.07) is 0. The summed E-state index contributed by atoms with van der Waals surface area (Å²) in [6.45, 7) is 9.19. The van der Waals surface area contributed by atoms with Crippen LogP contribution in [0.25, 0.3) is 0 Å². The van der Waals surface area contributed by atoms with Crippen molar-refractivity contribution in [3.8, 4) is 0 Å². The first kappa shape index (κ1) is 27.9. The lowest BCUT2D eigenvalue weighted by Crippen LogP contribution is -2.42. The first-order valence-corrected chi connectivity index (χ1v) is 11.9. The monoisotopic (exact) mass is 413 g/mol. The van der Waals surface area contributed by atoms with E-state index in [1.807, 2.05) is 0 Å². The van der Waals surface area contributed by atoms with Gasteiger partial charge in [0.25, 0.3) is 0 Å². The van der Waals surface area contributed by atoms with Crippen LogP contribution in [0.2, 0.25) is 0 Å². The Hall–Kier alpha value is -1.14. The quantitative estimate of drug-likeness (QED) is 0.266. The maximum atomic E-state index is 11.9. The fourth-order valence-corrected chi connectivity index (χ4v) is 3.33. The second-order valence-electron chi connectivity index (χ2n) is 8.18. The van der Waals surface area contributed by atoms with E-state index in [-0.39, 0.29) is 11.8 Å². The molecule has 0 aromatic carbocycles. The fourth-order valence-electron chi connectivity index (χ4n) is 3.33. The van der Waals surface area contributed by atoms with Crippen molar-refractivity contribution in [1.29, 1.82) is 0 Å². The number of aliphatic hydroxyl groups is 1. The molecule has 6 heteroatoms. The van der Waals surface area contributed by atoms with Crippen molar-refractivity contribution < 1.29 is 14.7 Å². The van der Waals surface area contributed by atoms with Gasteiger partial charge in [-0.3, -0.25) is 14.5 Å². The molecule has 0 bridgehead atoms. The third kappa shape index (κ3) is 19.9. The molecule has 0 saturated heterocycles. The van der Waals surface area contributed by atoms with Gasteiger partial charge in [-0.25, -0.2) is 0 Å². The van der Waals surface area contributed by atoms with Crippen molar-refractivity contribution in [3.05, 3.63) is 0 Å². The lowest BCUT2D eigenvalue weighted by molar-refractivity contribution is -0.121. The Labute approximate surface area is 179 Å². The Bertz CT molecular complexity index is 371. The molecule has 2 amide bonds. The van der Waals surface area contributed by atoms with Crippen molar-refractivity contribution in [2.24, 2.45) is 0 Å². The maximum absolute atomic E-state index is 11.9. The Balaban J connectivity index is 3.90. The summed E-state index contributed by atoms with van der Waals surface area (Å²) in [4.78, 5) is 25.9. The summed E-state index contributed by atoms with van der Waals surface area (Å²) >= 11 is 0. The van der Waals surface area contributed by atoms with Crippen molar-refractivity contribution in [2.45, 2.75) is 104 Å². The molecule has 0 saturated carbocycles. The number of amides is 2. The number of nitrogens with zero attached hydrogens (tertiary/aromatic N) is 1. The van der Waals surface area contributed by atoms with Crippen LogP contribution in [0.4, 0.5) is 0 Å². The van der Waals surface area contributed by atoms with Crippen molar-refractivity contribution >= 4 is 11.8 Å². The fraction of sp³-hybridized carbons (Fsp3) is 0.913. The van der Waals surface area contributed by atoms with Gasteiger partial charge in [0.15, 0.2) is 0 Å². The SMILES string of the molecule is CCCCCCCC(=O)NCCN(CCNC(=O)CCCCCCC)CC(C)O. The second kappa shape index (κ2) is 20.1. The average molecular weight is 414 g/mol. The van der Waals surface area contributed by atoms with Crippen LogP contribution in [0.15, 0.2) is 0 Å². The van der Waals surface area contributed by atoms with Gasteiger partial charge in [-0.15, -0.1) is 0 Å². The minimum absolute atomic E-state index is 0.106. The molecule has 0 fully saturated rings. The molecule has 0 radical (unpaired) electrons. The zero-order valence-electron chi connectivity index (χ0n) is 19.3. The highest BCUT2D eigenvalue weighted by molar-refractivity contribution is 5.76. The van der Waals surface area contributed by atoms with Crippen molar-refractivity contribution in [3.63, 3.8) is 0 Å². The highest BCUT2D eigenvalue weighted by atomic mass is 16.3. The minimum Gasteiger partial charge on any atom is -0.392 e. The summed E-state index contributed by atoms with van der Waals surface area (Å²) in [5.74, 6) is 0.213. The first-order chi connectivity index (χ1) is 14.0. The van der Waals surface area contributed by atoms with Crippen LogP contribution in [0.5, 0.6) is 0 Å². The summed E-state index contributed by atoms with van der Waals surface area (Å²) < 4.78 is 0. The van der Waals surface area contributed by atoms with E-state index in [2.05, 4.69) is 29.4 Å². The summed E-state index contributed by atoms with van der Waals surface area (Å²) in [7, 11) is 0. The molecule has 0 aromatic rings. The van der Waals surface area contributed by atoms with Crippen LogP contribution in [-0.2, 0) is 9.59 Å². The topological polar surface area (TPSA) is 81.7 Å². The van der Waals surface area contributed by atoms with Gasteiger partial charge in [-0.05, 0) is 19.8 Å². The van der Waals surface area contributed by atoms with E-state index >= 15 is 0 Å². The average Bonchev–Trinajstić information content (AvgIpc) is 2.67. The standard InChI is InChI=1S/C23H47N3O3/c1-4-6-8-10-12-14-22(28)24-16-18-26(20-21(3)27)19-17-25-23(29)15-13-11-9-7-5-2/h21,27H,4-20H2,1-3H3,(H,24,28)(H,25,29). The van der Waals surface area contributed by atoms with Gasteiger partial charge in [0.1, 0.15) is 0 Å². The van der Waals surface area contributed by atoms with Crippen molar-refractivity contribution in [2.75, 3.05) is 32.7 Å². The van der Waals surface area contributed by atoms with E-state index in [0.717, 1.165) is 25.7 Å². The normalized spacial score (nSPS) is 12.2. The summed E-state index contributed by atoms with van der Waals surface area (Å²) in [6.07, 6.45) is 12.2. The maximum Gasteiger partial charge on any atom is 0.220 e. The molecule has 0 aromatic heterocycles. The van der Waals surface area contributed by atoms with Gasteiger partial charge in [0.05, 0.1) is 6.10 Å². The molecule has 0 rings (SSSR count). The molecule has 0 aliphatic heterocycles. The number of unbranched alkanes of at least 4 members (excludes halogenated alkanes) is 8. The molecule has 0 heterocycles. The summed E-state index contributed by atoms with van der Waals surface area (Å²) in [5.41, 5.74) is 0. The number of aliphatic hydroxyl groups excluding tert-OH is 1. The largest absolute Gasteiger partial charge is 0.392 e. The molecule has 3 N–H and O–H groups in total. The number of rotatable bonds is 20. The third-order valence-corrected chi connectivity index (χ3v) is 5.04. The number of nitrogens with one attached hydrogen (secondary N) is 2. The van der Waals surface area contributed by atoms with Gasteiger partial charge in [0.2, 0.25) is 11.8 Å². The highest BCUT2D eigenvalue weighted by Gasteiger charge is 2.10. The van der Waals surface area contributed by atoms with Crippen LogP contribution < -0.4 is 10.6 Å². The minimum atomic E-state index is -0.432. The van der Waals surface area contributed by atoms with Gasteiger partial charge < -0.3 is 15.7 Å². The molecular weight excluding hydrogens is 366 g/mol. The molecule has 6 nitrogen and oxygen atoms in total. The van der Waals surface area contributed by atoms with E-state index in [1.54, 1.807) is 6.92 Å². The van der Waals surface area contributed by atoms with Crippen LogP contribution in [0.3, 0.4) is 0 Å². The molecule has 1 unspecified atom stereocenters. The lowest BCUT2D eigenvalue weighted by Gasteiger charge is -2.24. The smallest absolute Gasteiger partial charge is 0.220 e. The lowest BCUT2D eigenvalue weighted by atomic mass is 10.1. The second-order valence-corrected chi connectivity index (χ2v) is 8.18.